The molecular weight excluding hydrogens is 798 g/mol. The number of hydrogen-bond acceptors (Lipinski definition) is 8. The smallest absolute Gasteiger partial charge is 0.306 e. The summed E-state index contributed by atoms with van der Waals surface area (Å²) >= 11 is 0. The van der Waals surface area contributed by atoms with Crippen LogP contribution in [0.1, 0.15) is 258 Å². The van der Waals surface area contributed by atoms with Crippen molar-refractivity contribution >= 4 is 19.8 Å². The normalized spacial score (nSPS) is 13.5. The number of phosphoric ester groups is 1. The first-order valence-electron chi connectivity index (χ1n) is 26.4. The summed E-state index contributed by atoms with van der Waals surface area (Å²) < 4.78 is 34.0. The van der Waals surface area contributed by atoms with Crippen molar-refractivity contribution in [2.45, 2.75) is 264 Å². The number of carbonyl (C=O) groups is 2. The molecule has 10 heteroatoms. The van der Waals surface area contributed by atoms with Crippen molar-refractivity contribution in [2.24, 2.45) is 0 Å². The van der Waals surface area contributed by atoms with Gasteiger partial charge >= 0.3 is 11.9 Å². The molecule has 0 saturated heterocycles. The van der Waals surface area contributed by atoms with Crippen molar-refractivity contribution in [1.29, 1.82) is 0 Å². The molecule has 0 heterocycles. The minimum atomic E-state index is -4.63. The Kier molecular flexibility index (Phi) is 44.0. The number of allylic oxidation sites excluding steroid dienone is 2. The lowest BCUT2D eigenvalue weighted by Crippen LogP contribution is -2.37. The van der Waals surface area contributed by atoms with E-state index in [2.05, 4.69) is 26.0 Å². The average Bonchev–Trinajstić information content (AvgIpc) is 3.23. The topological polar surface area (TPSA) is 111 Å². The summed E-state index contributed by atoms with van der Waals surface area (Å²) in [6.07, 6.45) is 49.7. The third kappa shape index (κ3) is 48.2. The summed E-state index contributed by atoms with van der Waals surface area (Å²) in [5.74, 6) is -0.829. The Morgan fingerprint density at radius 2 is 0.823 bits per heavy atom. The van der Waals surface area contributed by atoms with E-state index in [1.807, 2.05) is 21.1 Å². The van der Waals surface area contributed by atoms with E-state index in [0.29, 0.717) is 17.4 Å². The van der Waals surface area contributed by atoms with Gasteiger partial charge in [0.1, 0.15) is 19.8 Å². The van der Waals surface area contributed by atoms with Gasteiger partial charge < -0.3 is 27.9 Å². The molecule has 2 unspecified atom stereocenters. The highest BCUT2D eigenvalue weighted by Gasteiger charge is 2.21. The van der Waals surface area contributed by atoms with Gasteiger partial charge in [-0.05, 0) is 38.5 Å². The Morgan fingerprint density at radius 1 is 0.484 bits per heavy atom. The summed E-state index contributed by atoms with van der Waals surface area (Å²) in [6, 6.07) is 0. The second-order valence-corrected chi connectivity index (χ2v) is 20.7. The van der Waals surface area contributed by atoms with Crippen molar-refractivity contribution in [3.05, 3.63) is 12.2 Å². The van der Waals surface area contributed by atoms with Crippen LogP contribution in [0.5, 0.6) is 0 Å². The summed E-state index contributed by atoms with van der Waals surface area (Å²) in [5, 5.41) is 0. The van der Waals surface area contributed by atoms with Gasteiger partial charge in [0.15, 0.2) is 6.10 Å². The lowest BCUT2D eigenvalue weighted by Gasteiger charge is -2.28. The average molecular weight is 900 g/mol. The molecule has 0 fully saturated rings. The Morgan fingerprint density at radius 3 is 1.19 bits per heavy atom. The molecule has 0 N–H and O–H groups in total. The van der Waals surface area contributed by atoms with Crippen LogP contribution in [0.4, 0.5) is 0 Å². The fourth-order valence-electron chi connectivity index (χ4n) is 7.65. The van der Waals surface area contributed by atoms with Gasteiger partial charge in [-0.25, -0.2) is 0 Å². The molecule has 9 nitrogen and oxygen atoms in total. The van der Waals surface area contributed by atoms with Crippen LogP contribution in [-0.2, 0) is 32.7 Å². The number of phosphoric acid groups is 1. The minimum absolute atomic E-state index is 0.0290. The quantitative estimate of drug-likeness (QED) is 0.0195. The molecule has 2 atom stereocenters. The summed E-state index contributed by atoms with van der Waals surface area (Å²) in [5.41, 5.74) is 0. The van der Waals surface area contributed by atoms with E-state index in [0.717, 1.165) is 51.4 Å². The van der Waals surface area contributed by atoms with Crippen molar-refractivity contribution in [1.82, 2.24) is 0 Å². The molecule has 0 bridgehead atoms. The third-order valence-electron chi connectivity index (χ3n) is 11.8. The van der Waals surface area contributed by atoms with Crippen molar-refractivity contribution < 1.29 is 42.1 Å². The van der Waals surface area contributed by atoms with Crippen LogP contribution in [0, 0.1) is 0 Å². The number of carbonyl (C=O) groups excluding carboxylic acids is 2. The number of rotatable bonds is 49. The third-order valence-corrected chi connectivity index (χ3v) is 12.7. The number of hydrogen-bond donors (Lipinski definition) is 0. The number of quaternary nitrogens is 1. The number of likely N-dealkylation sites (N-methyl/N-ethyl adjacent to an activating group) is 1. The maximum atomic E-state index is 12.7. The van der Waals surface area contributed by atoms with Crippen LogP contribution in [0.25, 0.3) is 0 Å². The largest absolute Gasteiger partial charge is 0.756 e. The van der Waals surface area contributed by atoms with E-state index in [9.17, 15) is 19.0 Å². The molecule has 62 heavy (non-hydrogen) atoms. The molecule has 0 saturated carbocycles. The van der Waals surface area contributed by atoms with Crippen LogP contribution in [0.2, 0.25) is 0 Å². The van der Waals surface area contributed by atoms with Gasteiger partial charge in [0.05, 0.1) is 27.7 Å². The highest BCUT2D eigenvalue weighted by molar-refractivity contribution is 7.45. The van der Waals surface area contributed by atoms with Crippen molar-refractivity contribution in [2.75, 3.05) is 47.5 Å². The maximum absolute atomic E-state index is 12.7. The first-order chi connectivity index (χ1) is 30.0. The van der Waals surface area contributed by atoms with Crippen molar-refractivity contribution in [3.63, 3.8) is 0 Å². The second kappa shape index (κ2) is 44.9. The van der Waals surface area contributed by atoms with Crippen LogP contribution >= 0.6 is 7.82 Å². The van der Waals surface area contributed by atoms with E-state index in [1.165, 1.54) is 173 Å². The molecule has 0 radical (unpaired) electrons. The highest BCUT2D eigenvalue weighted by Crippen LogP contribution is 2.38. The molecule has 0 aliphatic carbocycles. The zero-order valence-electron chi connectivity index (χ0n) is 41.6. The van der Waals surface area contributed by atoms with E-state index >= 15 is 0 Å². The van der Waals surface area contributed by atoms with Crippen molar-refractivity contribution in [3.8, 4) is 0 Å². The Hall–Kier alpha value is -1.25. The highest BCUT2D eigenvalue weighted by atomic mass is 31.2. The van der Waals surface area contributed by atoms with E-state index in [-0.39, 0.29) is 32.0 Å². The van der Waals surface area contributed by atoms with Gasteiger partial charge in [0, 0.05) is 12.8 Å². The molecular formula is C52H102NO8P. The van der Waals surface area contributed by atoms with Gasteiger partial charge in [0.2, 0.25) is 0 Å². The maximum Gasteiger partial charge on any atom is 0.306 e. The molecule has 0 aromatic rings. The number of nitrogens with zero attached hydrogens (tertiary/aromatic N) is 1. The summed E-state index contributed by atoms with van der Waals surface area (Å²) in [7, 11) is 1.17. The molecule has 0 spiro atoms. The van der Waals surface area contributed by atoms with Gasteiger partial charge in [-0.3, -0.25) is 14.2 Å². The van der Waals surface area contributed by atoms with Gasteiger partial charge in [0.25, 0.3) is 7.82 Å². The Bertz CT molecular complexity index is 1060. The van der Waals surface area contributed by atoms with E-state index < -0.39 is 26.5 Å². The minimum Gasteiger partial charge on any atom is -0.756 e. The zero-order valence-corrected chi connectivity index (χ0v) is 42.5. The number of esters is 2. The molecule has 0 aliphatic heterocycles. The second-order valence-electron chi connectivity index (χ2n) is 19.2. The zero-order chi connectivity index (χ0) is 45.7. The molecule has 0 aromatic carbocycles. The lowest BCUT2D eigenvalue weighted by molar-refractivity contribution is -0.870. The molecule has 0 aliphatic rings. The first-order valence-corrected chi connectivity index (χ1v) is 27.9. The predicted molar refractivity (Wildman–Crippen MR) is 259 cm³/mol. The summed E-state index contributed by atoms with van der Waals surface area (Å²) in [6.45, 7) is 4.26. The molecule has 368 valence electrons. The first kappa shape index (κ1) is 60.8. The van der Waals surface area contributed by atoms with E-state index in [1.54, 1.807) is 0 Å². The van der Waals surface area contributed by atoms with Crippen LogP contribution in [-0.4, -0.2) is 70.0 Å². The standard InChI is InChI=1S/C52H102NO8P/c1-6-8-10-12-14-16-18-20-22-23-24-25-26-27-28-29-30-31-33-34-36-38-40-42-44-51(54)58-48-50(49-60-62(56,57)59-47-46-53(3,4)5)61-52(55)45-43-41-39-37-35-32-21-19-17-15-13-11-9-7-2/h19,21,50H,6-18,20,22-49H2,1-5H3/b21-19-. The summed E-state index contributed by atoms with van der Waals surface area (Å²) in [4.78, 5) is 37.7. The van der Waals surface area contributed by atoms with E-state index in [4.69, 9.17) is 18.5 Å². The SMILES string of the molecule is CCCCCCC/C=C\CCCCCCCC(=O)OC(COC(=O)CCCCCCCCCCCCCCCCCCCCCCCCCC)COP(=O)([O-])OCC[N+](C)(C)C. The van der Waals surface area contributed by atoms with Gasteiger partial charge in [-0.15, -0.1) is 0 Å². The van der Waals surface area contributed by atoms with Gasteiger partial charge in [-0.1, -0.05) is 219 Å². The monoisotopic (exact) mass is 900 g/mol. The Balaban J connectivity index is 4.13. The fourth-order valence-corrected chi connectivity index (χ4v) is 8.38. The van der Waals surface area contributed by atoms with Gasteiger partial charge in [-0.2, -0.15) is 0 Å². The molecule has 0 amide bonds. The van der Waals surface area contributed by atoms with Crippen LogP contribution < -0.4 is 4.89 Å². The fraction of sp³-hybridized carbons (Fsp3) is 0.923. The predicted octanol–water partition coefficient (Wildman–Crippen LogP) is 15.1. The number of ether oxygens (including phenoxy) is 2. The molecule has 0 aromatic heterocycles. The van der Waals surface area contributed by atoms with Crippen LogP contribution in [0.15, 0.2) is 12.2 Å². The number of unbranched alkanes of at least 4 members (excludes halogenated alkanes) is 33. The Labute approximate surface area is 384 Å². The van der Waals surface area contributed by atoms with Crippen LogP contribution in [0.3, 0.4) is 0 Å². The lowest BCUT2D eigenvalue weighted by atomic mass is 10.0. The molecule has 0 rings (SSSR count).